The van der Waals surface area contributed by atoms with E-state index in [0.717, 1.165) is 18.4 Å². The third-order valence-electron chi connectivity index (χ3n) is 3.95. The second-order valence-corrected chi connectivity index (χ2v) is 8.62. The van der Waals surface area contributed by atoms with Gasteiger partial charge >= 0.3 is 0 Å². The van der Waals surface area contributed by atoms with Gasteiger partial charge in [0, 0.05) is 29.5 Å². The van der Waals surface area contributed by atoms with Crippen LogP contribution in [0.25, 0.3) is 11.0 Å². The summed E-state index contributed by atoms with van der Waals surface area (Å²) in [5.74, 6) is 1.01. The van der Waals surface area contributed by atoms with Crippen molar-refractivity contribution >= 4 is 63.0 Å². The van der Waals surface area contributed by atoms with Gasteiger partial charge in [-0.05, 0) is 24.3 Å². The van der Waals surface area contributed by atoms with Crippen LogP contribution in [0.2, 0.25) is 15.1 Å². The molecule has 1 unspecified atom stereocenters. The molecule has 1 aliphatic rings. The van der Waals surface area contributed by atoms with Crippen LogP contribution in [-0.2, 0) is 18.0 Å². The molecule has 136 valence electrons. The number of nitrogens with zero attached hydrogens (tertiary/aromatic N) is 1. The molecule has 0 bridgehead atoms. The van der Waals surface area contributed by atoms with Crippen LogP contribution in [-0.4, -0.2) is 15.0 Å². The third-order valence-corrected chi connectivity index (χ3v) is 6.51. The van der Waals surface area contributed by atoms with Gasteiger partial charge in [-0.2, -0.15) is 4.72 Å². The summed E-state index contributed by atoms with van der Waals surface area (Å²) in [6.45, 7) is 0.226. The van der Waals surface area contributed by atoms with Gasteiger partial charge in [0.05, 0.1) is 26.8 Å². The molecule has 1 aromatic heterocycles. The predicted octanol–water partition coefficient (Wildman–Crippen LogP) is 5.61. The Bertz CT molecular complexity index is 962. The fraction of sp³-hybridized carbons (Fsp3) is 0.235. The molecule has 2 aromatic carbocycles. The second-order valence-electron chi connectivity index (χ2n) is 5.93. The highest BCUT2D eigenvalue weighted by Gasteiger charge is 2.36. The van der Waals surface area contributed by atoms with Crippen LogP contribution in [0.15, 0.2) is 34.9 Å². The van der Waals surface area contributed by atoms with E-state index in [2.05, 4.69) is 9.88 Å². The van der Waals surface area contributed by atoms with E-state index in [0.29, 0.717) is 37.6 Å². The molecule has 0 radical (unpaired) electrons. The summed E-state index contributed by atoms with van der Waals surface area (Å²) < 4.78 is 26.0. The molecule has 1 atom stereocenters. The van der Waals surface area contributed by atoms with Crippen molar-refractivity contribution in [3.05, 3.63) is 51.0 Å². The van der Waals surface area contributed by atoms with Crippen molar-refractivity contribution in [2.75, 3.05) is 4.72 Å². The van der Waals surface area contributed by atoms with Crippen molar-refractivity contribution in [1.82, 2.24) is 5.16 Å². The lowest BCUT2D eigenvalue weighted by molar-refractivity contribution is 0.306. The minimum atomic E-state index is -1.15. The van der Waals surface area contributed by atoms with Gasteiger partial charge in [0.25, 0.3) is 0 Å². The van der Waals surface area contributed by atoms with Crippen LogP contribution in [0, 0.1) is 0 Å². The Labute approximate surface area is 167 Å². The third kappa shape index (κ3) is 3.85. The molecule has 0 aliphatic heterocycles. The average Bonchev–Trinajstić information content (AvgIpc) is 3.40. The average molecular weight is 432 g/mol. The van der Waals surface area contributed by atoms with E-state index in [9.17, 15) is 4.55 Å². The Morgan fingerprint density at radius 1 is 1.15 bits per heavy atom. The molecule has 26 heavy (non-hydrogen) atoms. The van der Waals surface area contributed by atoms with Gasteiger partial charge < -0.3 is 13.8 Å². The number of benzene rings is 2. The zero-order valence-electron chi connectivity index (χ0n) is 13.3. The van der Waals surface area contributed by atoms with Crippen molar-refractivity contribution < 1.29 is 13.8 Å². The molecule has 4 rings (SSSR count). The summed E-state index contributed by atoms with van der Waals surface area (Å²) in [5.41, 5.74) is 1.27. The van der Waals surface area contributed by atoms with E-state index in [4.69, 9.17) is 44.1 Å². The maximum absolute atomic E-state index is 12.0. The number of rotatable bonds is 6. The highest BCUT2D eigenvalue weighted by Crippen LogP contribution is 2.34. The summed E-state index contributed by atoms with van der Waals surface area (Å²) in [7, 11) is 0. The molecule has 0 saturated heterocycles. The molecule has 0 spiro atoms. The molecular formula is C17H13Cl3N2O3S. The van der Waals surface area contributed by atoms with E-state index >= 15 is 0 Å². The second kappa shape index (κ2) is 7.37. The molecule has 1 saturated carbocycles. The number of fused-ring (bicyclic) bond motifs is 1. The van der Waals surface area contributed by atoms with E-state index in [-0.39, 0.29) is 11.9 Å². The van der Waals surface area contributed by atoms with E-state index in [1.165, 1.54) is 0 Å². The first kappa shape index (κ1) is 18.1. The summed E-state index contributed by atoms with van der Waals surface area (Å²) in [5, 5.41) is 6.21. The summed E-state index contributed by atoms with van der Waals surface area (Å²) in [4.78, 5) is 0. The van der Waals surface area contributed by atoms with Gasteiger partial charge in [0.1, 0.15) is 17.6 Å². The summed E-state index contributed by atoms with van der Waals surface area (Å²) >= 11 is 17.1. The monoisotopic (exact) mass is 430 g/mol. The van der Waals surface area contributed by atoms with Crippen molar-refractivity contribution in [2.45, 2.75) is 24.7 Å². The maximum Gasteiger partial charge on any atom is 0.220 e. The minimum absolute atomic E-state index is 0.191. The van der Waals surface area contributed by atoms with Gasteiger partial charge in [-0.15, -0.1) is 0 Å². The van der Waals surface area contributed by atoms with Gasteiger partial charge in [0.2, 0.25) is 5.82 Å². The lowest BCUT2D eigenvalue weighted by Crippen LogP contribution is -2.17. The van der Waals surface area contributed by atoms with Gasteiger partial charge in [-0.3, -0.25) is 0 Å². The molecule has 5 nitrogen and oxygen atoms in total. The molecular weight excluding hydrogens is 419 g/mol. The topological polar surface area (TPSA) is 70.3 Å². The molecule has 0 amide bonds. The van der Waals surface area contributed by atoms with Crippen LogP contribution in [0.3, 0.4) is 0 Å². The lowest BCUT2D eigenvalue weighted by atomic mass is 10.2. The standard InChI is InChI=1S/C17H13Cl3N2O3S/c18-13-4-1-10(6-15(13)20)24-8-9-5-16-12(7-14(9)19)17(21-25-16)22-26(23)11-2-3-11/h1,4-7,11H,2-3,8H2,(H,21,22). The van der Waals surface area contributed by atoms with Crippen LogP contribution >= 0.6 is 34.8 Å². The van der Waals surface area contributed by atoms with Crippen molar-refractivity contribution in [1.29, 1.82) is 0 Å². The van der Waals surface area contributed by atoms with Crippen LogP contribution in [0.5, 0.6) is 5.75 Å². The smallest absolute Gasteiger partial charge is 0.220 e. The normalized spacial score (nSPS) is 15.2. The van der Waals surface area contributed by atoms with E-state index in [1.807, 2.05) is 0 Å². The maximum atomic E-state index is 12.0. The Hall–Kier alpha value is -1.31. The molecule has 9 heteroatoms. The van der Waals surface area contributed by atoms with Crippen molar-refractivity contribution in [3.63, 3.8) is 0 Å². The molecule has 1 N–H and O–H groups in total. The number of anilines is 1. The molecule has 1 heterocycles. The number of nitrogens with one attached hydrogen (secondary N) is 1. The summed E-state index contributed by atoms with van der Waals surface area (Å²) in [6.07, 6.45) is 1.93. The zero-order chi connectivity index (χ0) is 18.3. The SMILES string of the molecule is [O-][S+](Nc1noc2cc(COc3ccc(Cl)c(Cl)c3)c(Cl)cc12)C1CC1. The highest BCUT2D eigenvalue weighted by molar-refractivity contribution is 7.93. The first-order chi connectivity index (χ1) is 12.5. The zero-order valence-corrected chi connectivity index (χ0v) is 16.4. The predicted molar refractivity (Wildman–Crippen MR) is 105 cm³/mol. The Kier molecular flexibility index (Phi) is 5.12. The fourth-order valence-electron chi connectivity index (χ4n) is 2.37. The fourth-order valence-corrected chi connectivity index (χ4v) is 3.95. The first-order valence-corrected chi connectivity index (χ1v) is 10.2. The first-order valence-electron chi connectivity index (χ1n) is 7.84. The van der Waals surface area contributed by atoms with Gasteiger partial charge in [0.15, 0.2) is 5.58 Å². The highest BCUT2D eigenvalue weighted by atomic mass is 35.5. The quantitative estimate of drug-likeness (QED) is 0.514. The summed E-state index contributed by atoms with van der Waals surface area (Å²) in [6, 6.07) is 8.52. The largest absolute Gasteiger partial charge is 0.593 e. The van der Waals surface area contributed by atoms with Crippen LogP contribution < -0.4 is 9.46 Å². The lowest BCUT2D eigenvalue weighted by Gasteiger charge is -2.10. The van der Waals surface area contributed by atoms with Crippen LogP contribution in [0.4, 0.5) is 5.82 Å². The molecule has 1 aliphatic carbocycles. The number of ether oxygens (including phenoxy) is 1. The van der Waals surface area contributed by atoms with Gasteiger partial charge in [-0.25, -0.2) is 0 Å². The van der Waals surface area contributed by atoms with Gasteiger partial charge in [-0.1, -0.05) is 40.0 Å². The Morgan fingerprint density at radius 2 is 1.96 bits per heavy atom. The molecule has 1 fully saturated rings. The van der Waals surface area contributed by atoms with Crippen molar-refractivity contribution in [3.8, 4) is 5.75 Å². The Morgan fingerprint density at radius 3 is 2.69 bits per heavy atom. The van der Waals surface area contributed by atoms with E-state index < -0.39 is 11.4 Å². The molecule has 3 aromatic rings. The number of aromatic nitrogens is 1. The van der Waals surface area contributed by atoms with Crippen molar-refractivity contribution in [2.24, 2.45) is 0 Å². The van der Waals surface area contributed by atoms with Crippen LogP contribution in [0.1, 0.15) is 18.4 Å². The minimum Gasteiger partial charge on any atom is -0.593 e. The number of halogens is 3. The number of hydrogen-bond donors (Lipinski definition) is 1. The van der Waals surface area contributed by atoms with E-state index in [1.54, 1.807) is 30.3 Å². The Balaban J connectivity index is 1.52. The number of hydrogen-bond acceptors (Lipinski definition) is 5.